The van der Waals surface area contributed by atoms with Crippen molar-refractivity contribution >= 4 is 33.9 Å². The van der Waals surface area contributed by atoms with Crippen molar-refractivity contribution in [3.05, 3.63) is 51.9 Å². The summed E-state index contributed by atoms with van der Waals surface area (Å²) in [6.45, 7) is 0. The van der Waals surface area contributed by atoms with Crippen LogP contribution >= 0.6 is 15.9 Å². The molecule has 0 radical (unpaired) electrons. The number of ether oxygens (including phenoxy) is 4. The zero-order valence-corrected chi connectivity index (χ0v) is 15.9. The quantitative estimate of drug-likeness (QED) is 0.547. The van der Waals surface area contributed by atoms with Gasteiger partial charge in [0.1, 0.15) is 0 Å². The van der Waals surface area contributed by atoms with Crippen LogP contribution in [0.25, 0.3) is 6.08 Å². The molecular formula is C18H15BrN2O5. The van der Waals surface area contributed by atoms with Gasteiger partial charge in [-0.2, -0.15) is 0 Å². The number of carbonyl (C=O) groups is 1. The zero-order chi connectivity index (χ0) is 18.7. The molecule has 1 aliphatic heterocycles. The van der Waals surface area contributed by atoms with Crippen molar-refractivity contribution in [1.29, 1.82) is 0 Å². The number of cyclic esters (lactones) is 1. The van der Waals surface area contributed by atoms with E-state index < -0.39 is 5.97 Å². The molecule has 1 aromatic carbocycles. The third kappa shape index (κ3) is 3.41. The lowest BCUT2D eigenvalue weighted by Crippen LogP contribution is -2.05. The normalized spacial score (nSPS) is 14.8. The molecule has 7 nitrogen and oxygen atoms in total. The van der Waals surface area contributed by atoms with Gasteiger partial charge < -0.3 is 18.9 Å². The Hall–Kier alpha value is -2.87. The maximum Gasteiger partial charge on any atom is 0.363 e. The number of aliphatic imine (C=N–C) groups is 1. The van der Waals surface area contributed by atoms with Crippen molar-refractivity contribution in [2.45, 2.75) is 0 Å². The van der Waals surface area contributed by atoms with Crippen molar-refractivity contribution in [2.75, 3.05) is 21.3 Å². The number of methoxy groups -OCH3 is 3. The average molecular weight is 419 g/mol. The summed E-state index contributed by atoms with van der Waals surface area (Å²) in [6, 6.07) is 5.23. The Morgan fingerprint density at radius 2 is 1.85 bits per heavy atom. The number of nitrogens with zero attached hydrogens (tertiary/aromatic N) is 2. The number of carbonyl (C=O) groups excluding carboxylic acids is 1. The Balaban J connectivity index is 2.03. The van der Waals surface area contributed by atoms with E-state index in [-0.39, 0.29) is 11.6 Å². The minimum atomic E-state index is -0.559. The highest BCUT2D eigenvalue weighted by molar-refractivity contribution is 9.10. The molecular weight excluding hydrogens is 404 g/mol. The van der Waals surface area contributed by atoms with Crippen LogP contribution in [0.4, 0.5) is 0 Å². The number of hydrogen-bond donors (Lipinski definition) is 0. The predicted molar refractivity (Wildman–Crippen MR) is 98.6 cm³/mol. The number of halogens is 1. The lowest BCUT2D eigenvalue weighted by molar-refractivity contribution is -0.129. The Labute approximate surface area is 158 Å². The Morgan fingerprint density at radius 3 is 2.50 bits per heavy atom. The van der Waals surface area contributed by atoms with Crippen LogP contribution < -0.4 is 14.2 Å². The van der Waals surface area contributed by atoms with Gasteiger partial charge in [0.25, 0.3) is 0 Å². The van der Waals surface area contributed by atoms with E-state index in [1.807, 2.05) is 0 Å². The average Bonchev–Trinajstić information content (AvgIpc) is 3.01. The minimum Gasteiger partial charge on any atom is -0.493 e. The van der Waals surface area contributed by atoms with E-state index in [1.54, 1.807) is 36.7 Å². The van der Waals surface area contributed by atoms with E-state index in [9.17, 15) is 4.79 Å². The number of pyridine rings is 1. The van der Waals surface area contributed by atoms with E-state index in [0.29, 0.717) is 28.4 Å². The molecule has 0 atom stereocenters. The number of rotatable bonds is 5. The second kappa shape index (κ2) is 7.57. The highest BCUT2D eigenvalue weighted by Crippen LogP contribution is 2.40. The molecule has 0 saturated carbocycles. The van der Waals surface area contributed by atoms with Crippen molar-refractivity contribution in [2.24, 2.45) is 4.99 Å². The second-order valence-electron chi connectivity index (χ2n) is 5.15. The number of hydrogen-bond acceptors (Lipinski definition) is 7. The van der Waals surface area contributed by atoms with Gasteiger partial charge in [-0.25, -0.2) is 9.79 Å². The Kier molecular flexibility index (Phi) is 5.22. The molecule has 0 spiro atoms. The standard InChI is InChI=1S/C18H15BrN2O5/c1-23-14-5-4-10(15(24-2)16(14)25-3)7-13-18(22)26-17(21-13)11-6-12(19)9-20-8-11/h4-9H,1-3H3. The Bertz CT molecular complexity index is 924. The summed E-state index contributed by atoms with van der Waals surface area (Å²) in [5.74, 6) is 1.01. The van der Waals surface area contributed by atoms with Crippen molar-refractivity contribution in [3.8, 4) is 17.2 Å². The van der Waals surface area contributed by atoms with Crippen LogP contribution in [-0.2, 0) is 9.53 Å². The first-order valence-corrected chi connectivity index (χ1v) is 8.29. The molecule has 8 heteroatoms. The number of esters is 1. The van der Waals surface area contributed by atoms with E-state index >= 15 is 0 Å². The van der Waals surface area contributed by atoms with Gasteiger partial charge in [0.15, 0.2) is 17.2 Å². The van der Waals surface area contributed by atoms with E-state index in [4.69, 9.17) is 18.9 Å². The van der Waals surface area contributed by atoms with Crippen LogP contribution in [0.3, 0.4) is 0 Å². The Morgan fingerprint density at radius 1 is 1.08 bits per heavy atom. The molecule has 0 fully saturated rings. The molecule has 0 aliphatic carbocycles. The van der Waals surface area contributed by atoms with Crippen LogP contribution in [0, 0.1) is 0 Å². The second-order valence-corrected chi connectivity index (χ2v) is 6.07. The monoisotopic (exact) mass is 418 g/mol. The van der Waals surface area contributed by atoms with Crippen LogP contribution in [0.1, 0.15) is 11.1 Å². The molecule has 0 bridgehead atoms. The number of aromatic nitrogens is 1. The summed E-state index contributed by atoms with van der Waals surface area (Å²) in [5.41, 5.74) is 1.34. The molecule has 1 aromatic heterocycles. The predicted octanol–water partition coefficient (Wildman–Crippen LogP) is 3.21. The molecule has 134 valence electrons. The van der Waals surface area contributed by atoms with Crippen molar-refractivity contribution in [3.63, 3.8) is 0 Å². The van der Waals surface area contributed by atoms with Gasteiger partial charge in [0.05, 0.1) is 26.9 Å². The van der Waals surface area contributed by atoms with Gasteiger partial charge in [-0.3, -0.25) is 4.98 Å². The summed E-state index contributed by atoms with van der Waals surface area (Å²) >= 11 is 3.33. The minimum absolute atomic E-state index is 0.144. The SMILES string of the molecule is COc1ccc(C=C2N=C(c3cncc(Br)c3)OC2=O)c(OC)c1OC. The molecule has 0 N–H and O–H groups in total. The molecule has 26 heavy (non-hydrogen) atoms. The lowest BCUT2D eigenvalue weighted by atomic mass is 10.1. The molecule has 0 amide bonds. The van der Waals surface area contributed by atoms with E-state index in [2.05, 4.69) is 25.9 Å². The summed E-state index contributed by atoms with van der Waals surface area (Å²) in [7, 11) is 4.55. The van der Waals surface area contributed by atoms with Gasteiger partial charge in [0, 0.05) is 22.4 Å². The topological polar surface area (TPSA) is 79.2 Å². The van der Waals surface area contributed by atoms with Crippen molar-refractivity contribution in [1.82, 2.24) is 4.98 Å². The first-order chi connectivity index (χ1) is 12.6. The van der Waals surface area contributed by atoms with Crippen LogP contribution in [0.15, 0.2) is 45.8 Å². The van der Waals surface area contributed by atoms with Gasteiger partial charge in [-0.1, -0.05) is 0 Å². The fraction of sp³-hybridized carbons (Fsp3) is 0.167. The van der Waals surface area contributed by atoms with Crippen LogP contribution in [0.2, 0.25) is 0 Å². The van der Waals surface area contributed by atoms with Gasteiger partial charge in [-0.05, 0) is 40.2 Å². The van der Waals surface area contributed by atoms with E-state index in [1.165, 1.54) is 21.3 Å². The highest BCUT2D eigenvalue weighted by Gasteiger charge is 2.25. The first-order valence-electron chi connectivity index (χ1n) is 7.49. The largest absolute Gasteiger partial charge is 0.493 e. The molecule has 2 heterocycles. The highest BCUT2D eigenvalue weighted by atomic mass is 79.9. The van der Waals surface area contributed by atoms with Crippen LogP contribution in [0.5, 0.6) is 17.2 Å². The maximum atomic E-state index is 12.2. The third-order valence-electron chi connectivity index (χ3n) is 3.60. The summed E-state index contributed by atoms with van der Waals surface area (Å²) in [4.78, 5) is 20.5. The molecule has 2 aromatic rings. The van der Waals surface area contributed by atoms with Gasteiger partial charge in [-0.15, -0.1) is 0 Å². The third-order valence-corrected chi connectivity index (χ3v) is 4.03. The fourth-order valence-corrected chi connectivity index (χ4v) is 2.81. The smallest absolute Gasteiger partial charge is 0.363 e. The molecule has 1 aliphatic rings. The van der Waals surface area contributed by atoms with Gasteiger partial charge in [0.2, 0.25) is 11.6 Å². The van der Waals surface area contributed by atoms with E-state index in [0.717, 1.165) is 4.47 Å². The summed E-state index contributed by atoms with van der Waals surface area (Å²) in [6.07, 6.45) is 4.77. The zero-order valence-electron chi connectivity index (χ0n) is 14.3. The van der Waals surface area contributed by atoms with Crippen molar-refractivity contribution < 1.29 is 23.7 Å². The lowest BCUT2D eigenvalue weighted by Gasteiger charge is -2.14. The summed E-state index contributed by atoms with van der Waals surface area (Å²) in [5, 5.41) is 0. The molecule has 0 saturated heterocycles. The van der Waals surface area contributed by atoms with Crippen LogP contribution in [-0.4, -0.2) is 38.2 Å². The molecule has 0 unspecified atom stereocenters. The summed E-state index contributed by atoms with van der Waals surface area (Å²) < 4.78 is 22.0. The number of benzene rings is 1. The molecule has 3 rings (SSSR count). The maximum absolute atomic E-state index is 12.2. The van der Waals surface area contributed by atoms with Gasteiger partial charge >= 0.3 is 5.97 Å². The first kappa shape index (κ1) is 17.9. The fourth-order valence-electron chi connectivity index (χ4n) is 2.45.